The molecule has 1 aromatic carbocycles. The summed E-state index contributed by atoms with van der Waals surface area (Å²) in [6, 6.07) is 9.62. The van der Waals surface area contributed by atoms with Crippen LogP contribution in [0.15, 0.2) is 34.9 Å². The molecule has 2 atom stereocenters. The van der Waals surface area contributed by atoms with Crippen molar-refractivity contribution in [1.29, 1.82) is 0 Å². The molecule has 3 heterocycles. The van der Waals surface area contributed by atoms with E-state index >= 15 is 0 Å². The third-order valence-corrected chi connectivity index (χ3v) is 6.15. The number of amides is 1. The topological polar surface area (TPSA) is 101 Å². The monoisotopic (exact) mass is 400 g/mol. The number of anilines is 1. The van der Waals surface area contributed by atoms with E-state index in [4.69, 9.17) is 9.26 Å². The van der Waals surface area contributed by atoms with E-state index in [9.17, 15) is 9.90 Å². The molecule has 2 aliphatic rings. The molecular weight excluding hydrogens is 372 g/mol. The summed E-state index contributed by atoms with van der Waals surface area (Å²) in [7, 11) is 0. The number of rotatable bonds is 4. The van der Waals surface area contributed by atoms with E-state index < -0.39 is 17.2 Å². The van der Waals surface area contributed by atoms with Gasteiger partial charge < -0.3 is 24.6 Å². The highest BCUT2D eigenvalue weighted by Gasteiger charge is 2.54. The Morgan fingerprint density at radius 2 is 2.00 bits per heavy atom. The van der Waals surface area contributed by atoms with E-state index in [2.05, 4.69) is 15.5 Å². The second-order valence-electron chi connectivity index (χ2n) is 8.29. The quantitative estimate of drug-likeness (QED) is 0.804. The first-order valence-electron chi connectivity index (χ1n) is 10.1. The standard InChI is InChI=1S/C21H28N4O4/c1-15-22-19(24-29-15)25-11-8-21(9-12-25)18(27)20(2,10-13-28-21)23-17(26)14-16-6-4-3-5-7-16/h3-7,18,27H,8-14H2,1-2H3,(H,23,26)/t18-,20+/m1/s1. The number of ether oxygens (including phenoxy) is 1. The number of nitrogens with one attached hydrogen (secondary N) is 1. The van der Waals surface area contributed by atoms with E-state index in [1.54, 1.807) is 6.92 Å². The molecule has 2 aliphatic heterocycles. The molecule has 29 heavy (non-hydrogen) atoms. The molecule has 0 unspecified atom stereocenters. The minimum Gasteiger partial charge on any atom is -0.388 e. The van der Waals surface area contributed by atoms with Gasteiger partial charge in [0.2, 0.25) is 11.8 Å². The number of hydrogen-bond donors (Lipinski definition) is 2. The van der Waals surface area contributed by atoms with Gasteiger partial charge in [0.05, 0.1) is 17.6 Å². The first-order valence-corrected chi connectivity index (χ1v) is 10.1. The van der Waals surface area contributed by atoms with Crippen molar-refractivity contribution in [2.75, 3.05) is 24.6 Å². The smallest absolute Gasteiger partial charge is 0.266 e. The van der Waals surface area contributed by atoms with Crippen LogP contribution in [0.5, 0.6) is 0 Å². The number of aliphatic hydroxyl groups excluding tert-OH is 1. The van der Waals surface area contributed by atoms with E-state index in [-0.39, 0.29) is 5.91 Å². The van der Waals surface area contributed by atoms with Crippen molar-refractivity contribution in [3.63, 3.8) is 0 Å². The Bertz CT molecular complexity index is 847. The first kappa shape index (κ1) is 19.8. The van der Waals surface area contributed by atoms with Gasteiger partial charge in [-0.2, -0.15) is 4.98 Å². The van der Waals surface area contributed by atoms with Crippen LogP contribution < -0.4 is 10.2 Å². The van der Waals surface area contributed by atoms with Crippen LogP contribution in [0.2, 0.25) is 0 Å². The highest BCUT2D eigenvalue weighted by molar-refractivity contribution is 5.79. The summed E-state index contributed by atoms with van der Waals surface area (Å²) >= 11 is 0. The number of hydrogen-bond acceptors (Lipinski definition) is 7. The van der Waals surface area contributed by atoms with Crippen LogP contribution in [-0.2, 0) is 16.0 Å². The zero-order valence-electron chi connectivity index (χ0n) is 16.9. The minimum atomic E-state index is -0.794. The van der Waals surface area contributed by atoms with Gasteiger partial charge in [-0.3, -0.25) is 4.79 Å². The predicted molar refractivity (Wildman–Crippen MR) is 106 cm³/mol. The van der Waals surface area contributed by atoms with Crippen molar-refractivity contribution in [2.24, 2.45) is 0 Å². The van der Waals surface area contributed by atoms with Gasteiger partial charge >= 0.3 is 0 Å². The molecule has 2 fully saturated rings. The Kier molecular flexibility index (Phi) is 5.31. The van der Waals surface area contributed by atoms with Crippen molar-refractivity contribution < 1.29 is 19.2 Å². The summed E-state index contributed by atoms with van der Waals surface area (Å²) in [6.45, 7) is 5.49. The summed E-state index contributed by atoms with van der Waals surface area (Å²) in [5.41, 5.74) is -0.453. The van der Waals surface area contributed by atoms with E-state index in [1.165, 1.54) is 0 Å². The molecule has 0 saturated carbocycles. The van der Waals surface area contributed by atoms with Crippen LogP contribution in [0, 0.1) is 6.92 Å². The lowest BCUT2D eigenvalue weighted by Gasteiger charge is -2.53. The average molecular weight is 400 g/mol. The number of carbonyl (C=O) groups is 1. The first-order chi connectivity index (χ1) is 13.9. The molecule has 2 saturated heterocycles. The maximum Gasteiger partial charge on any atom is 0.266 e. The fourth-order valence-corrected chi connectivity index (χ4v) is 4.46. The molecule has 8 heteroatoms. The average Bonchev–Trinajstić information content (AvgIpc) is 3.14. The molecule has 1 aromatic heterocycles. The van der Waals surface area contributed by atoms with Crippen molar-refractivity contribution in [3.8, 4) is 0 Å². The van der Waals surface area contributed by atoms with E-state index in [1.807, 2.05) is 42.2 Å². The van der Waals surface area contributed by atoms with Gasteiger partial charge in [0, 0.05) is 26.6 Å². The van der Waals surface area contributed by atoms with Crippen LogP contribution in [0.4, 0.5) is 5.95 Å². The minimum absolute atomic E-state index is 0.0884. The van der Waals surface area contributed by atoms with Crippen LogP contribution >= 0.6 is 0 Å². The molecule has 2 N–H and O–H groups in total. The van der Waals surface area contributed by atoms with Crippen molar-refractivity contribution in [3.05, 3.63) is 41.8 Å². The van der Waals surface area contributed by atoms with Crippen LogP contribution in [0.1, 0.15) is 37.6 Å². The van der Waals surface area contributed by atoms with Gasteiger partial charge in [0.25, 0.3) is 5.95 Å². The second-order valence-corrected chi connectivity index (χ2v) is 8.29. The number of aliphatic hydroxyl groups is 1. The SMILES string of the molecule is Cc1nc(N2CCC3(CC2)OCC[C@](C)(NC(=O)Cc2ccccc2)[C@H]3O)no1. The van der Waals surface area contributed by atoms with Gasteiger partial charge in [-0.15, -0.1) is 0 Å². The molecule has 0 aliphatic carbocycles. The van der Waals surface area contributed by atoms with Crippen LogP contribution in [0.3, 0.4) is 0 Å². The number of aromatic nitrogens is 2. The highest BCUT2D eigenvalue weighted by atomic mass is 16.5. The number of nitrogens with zero attached hydrogens (tertiary/aromatic N) is 3. The largest absolute Gasteiger partial charge is 0.388 e. The normalized spacial score (nSPS) is 26.4. The van der Waals surface area contributed by atoms with Crippen molar-refractivity contribution in [2.45, 2.75) is 56.8 Å². The van der Waals surface area contributed by atoms with Gasteiger partial charge in [-0.25, -0.2) is 0 Å². The lowest BCUT2D eigenvalue weighted by molar-refractivity contribution is -0.198. The van der Waals surface area contributed by atoms with Crippen LogP contribution in [0.25, 0.3) is 0 Å². The molecule has 2 aromatic rings. The Labute approximate surface area is 170 Å². The zero-order valence-corrected chi connectivity index (χ0v) is 16.9. The number of aryl methyl sites for hydroxylation is 1. The Morgan fingerprint density at radius 1 is 1.28 bits per heavy atom. The highest BCUT2D eigenvalue weighted by Crippen LogP contribution is 2.40. The maximum absolute atomic E-state index is 12.6. The molecule has 4 rings (SSSR count). The van der Waals surface area contributed by atoms with Crippen molar-refractivity contribution in [1.82, 2.24) is 15.5 Å². The molecule has 8 nitrogen and oxygen atoms in total. The summed E-state index contributed by atoms with van der Waals surface area (Å²) in [6.07, 6.45) is 1.34. The zero-order chi connectivity index (χ0) is 20.5. The third kappa shape index (κ3) is 4.00. The molecule has 156 valence electrons. The fourth-order valence-electron chi connectivity index (χ4n) is 4.46. The predicted octanol–water partition coefficient (Wildman–Crippen LogP) is 1.62. The van der Waals surface area contributed by atoms with Crippen molar-refractivity contribution >= 4 is 11.9 Å². The number of piperidine rings is 1. The molecular formula is C21H28N4O4. The number of benzene rings is 1. The molecule has 1 spiro atoms. The maximum atomic E-state index is 12.6. The van der Waals surface area contributed by atoms with Gasteiger partial charge in [0.1, 0.15) is 6.10 Å². The van der Waals surface area contributed by atoms with Crippen LogP contribution in [-0.4, -0.2) is 58.1 Å². The Morgan fingerprint density at radius 3 is 2.66 bits per heavy atom. The van der Waals surface area contributed by atoms with Gasteiger partial charge in [0.15, 0.2) is 0 Å². The second kappa shape index (κ2) is 7.76. The third-order valence-electron chi connectivity index (χ3n) is 6.15. The summed E-state index contributed by atoms with van der Waals surface area (Å²) in [5, 5.41) is 18.3. The lowest BCUT2D eigenvalue weighted by Crippen LogP contribution is -2.69. The van der Waals surface area contributed by atoms with E-state index in [0.29, 0.717) is 57.2 Å². The summed E-state index contributed by atoms with van der Waals surface area (Å²) in [4.78, 5) is 19.0. The Balaban J connectivity index is 1.42. The fraction of sp³-hybridized carbons (Fsp3) is 0.571. The van der Waals surface area contributed by atoms with Gasteiger partial charge in [-0.05, 0) is 36.9 Å². The summed E-state index contributed by atoms with van der Waals surface area (Å²) in [5.74, 6) is 1.01. The molecule has 1 amide bonds. The number of carbonyl (C=O) groups excluding carboxylic acids is 1. The lowest BCUT2D eigenvalue weighted by atomic mass is 9.73. The van der Waals surface area contributed by atoms with Gasteiger partial charge in [-0.1, -0.05) is 30.3 Å². The summed E-state index contributed by atoms with van der Waals surface area (Å²) < 4.78 is 11.2. The van der Waals surface area contributed by atoms with E-state index in [0.717, 1.165) is 5.56 Å². The molecule has 0 radical (unpaired) electrons. The molecule has 0 bridgehead atoms. The Hall–Kier alpha value is -2.45.